The first-order chi connectivity index (χ1) is 12.6. The average Bonchev–Trinajstić information content (AvgIpc) is 3.03. The highest BCUT2D eigenvalue weighted by Gasteiger charge is 2.35. The highest BCUT2D eigenvalue weighted by Crippen LogP contribution is 2.21. The van der Waals surface area contributed by atoms with Crippen LogP contribution in [0.4, 0.5) is 0 Å². The lowest BCUT2D eigenvalue weighted by atomic mass is 10.0. The van der Waals surface area contributed by atoms with Crippen molar-refractivity contribution in [3.05, 3.63) is 35.9 Å². The Morgan fingerprint density at radius 3 is 2.50 bits per heavy atom. The van der Waals surface area contributed by atoms with Crippen LogP contribution in [0.1, 0.15) is 24.8 Å². The van der Waals surface area contributed by atoms with Crippen molar-refractivity contribution in [1.82, 2.24) is 15.1 Å². The van der Waals surface area contributed by atoms with Gasteiger partial charge in [0.05, 0.1) is 5.92 Å². The molecular formula is C19H24ClN3O3. The molecule has 0 saturated carbocycles. The van der Waals surface area contributed by atoms with Crippen LogP contribution in [0.5, 0.6) is 0 Å². The quantitative estimate of drug-likeness (QED) is 0.788. The zero-order valence-corrected chi connectivity index (χ0v) is 15.5. The third-order valence-electron chi connectivity index (χ3n) is 5.11. The molecule has 0 radical (unpaired) electrons. The summed E-state index contributed by atoms with van der Waals surface area (Å²) >= 11 is 5.58. The number of likely N-dealkylation sites (tertiary alicyclic amines) is 2. The van der Waals surface area contributed by atoms with Crippen LogP contribution in [0.3, 0.4) is 0 Å². The van der Waals surface area contributed by atoms with Gasteiger partial charge in [0.2, 0.25) is 17.7 Å². The highest BCUT2D eigenvalue weighted by molar-refractivity contribution is 6.27. The Kier molecular flexibility index (Phi) is 6.14. The molecule has 1 N–H and O–H groups in total. The third kappa shape index (κ3) is 4.55. The van der Waals surface area contributed by atoms with Crippen LogP contribution >= 0.6 is 11.6 Å². The lowest BCUT2D eigenvalue weighted by Gasteiger charge is -2.32. The van der Waals surface area contributed by atoms with Gasteiger partial charge in [-0.2, -0.15) is 0 Å². The van der Waals surface area contributed by atoms with E-state index >= 15 is 0 Å². The largest absolute Gasteiger partial charge is 0.353 e. The number of benzene rings is 1. The van der Waals surface area contributed by atoms with Crippen molar-refractivity contribution in [2.24, 2.45) is 5.92 Å². The fourth-order valence-corrected chi connectivity index (χ4v) is 3.75. The van der Waals surface area contributed by atoms with E-state index in [1.165, 1.54) is 0 Å². The first-order valence-corrected chi connectivity index (χ1v) is 9.56. The van der Waals surface area contributed by atoms with Crippen molar-refractivity contribution < 1.29 is 14.4 Å². The molecule has 2 heterocycles. The summed E-state index contributed by atoms with van der Waals surface area (Å²) in [5, 5.41) is 3.05. The van der Waals surface area contributed by atoms with Gasteiger partial charge in [-0.05, 0) is 18.4 Å². The number of halogens is 1. The summed E-state index contributed by atoms with van der Waals surface area (Å²) < 4.78 is 0. The maximum Gasteiger partial charge on any atom is 0.237 e. The third-order valence-corrected chi connectivity index (χ3v) is 5.34. The van der Waals surface area contributed by atoms with E-state index in [0.29, 0.717) is 26.2 Å². The first-order valence-electron chi connectivity index (χ1n) is 9.02. The molecule has 26 heavy (non-hydrogen) atoms. The van der Waals surface area contributed by atoms with E-state index in [1.807, 2.05) is 30.3 Å². The van der Waals surface area contributed by atoms with Gasteiger partial charge in [-0.15, -0.1) is 11.6 Å². The monoisotopic (exact) mass is 377 g/mol. The second kappa shape index (κ2) is 8.54. The number of carbonyl (C=O) groups excluding carboxylic acids is 3. The van der Waals surface area contributed by atoms with E-state index in [-0.39, 0.29) is 42.0 Å². The molecule has 0 aliphatic carbocycles. The van der Waals surface area contributed by atoms with Gasteiger partial charge in [0.25, 0.3) is 0 Å². The molecule has 2 fully saturated rings. The van der Waals surface area contributed by atoms with Crippen molar-refractivity contribution >= 4 is 29.3 Å². The molecule has 1 aromatic carbocycles. The standard InChI is InChI=1S/C19H24ClN3O3/c20-11-18(25)22-8-6-16(7-9-22)21-19(26)15-10-17(24)23(13-15)12-14-4-2-1-3-5-14/h1-5,15-16H,6-13H2,(H,21,26). The van der Waals surface area contributed by atoms with Crippen molar-refractivity contribution in [3.63, 3.8) is 0 Å². The number of piperidine rings is 1. The fraction of sp³-hybridized carbons (Fsp3) is 0.526. The van der Waals surface area contributed by atoms with E-state index in [0.717, 1.165) is 18.4 Å². The van der Waals surface area contributed by atoms with Crippen LogP contribution in [0.15, 0.2) is 30.3 Å². The highest BCUT2D eigenvalue weighted by atomic mass is 35.5. The zero-order valence-electron chi connectivity index (χ0n) is 14.7. The van der Waals surface area contributed by atoms with Crippen LogP contribution in [0, 0.1) is 5.92 Å². The molecule has 140 valence electrons. The normalized spacial score (nSPS) is 21.1. The van der Waals surface area contributed by atoms with Crippen LogP contribution < -0.4 is 5.32 Å². The Labute approximate surface area is 158 Å². The molecule has 0 aromatic heterocycles. The molecular weight excluding hydrogens is 354 g/mol. The van der Waals surface area contributed by atoms with Crippen LogP contribution in [-0.2, 0) is 20.9 Å². The molecule has 1 aromatic rings. The number of alkyl halides is 1. The molecule has 0 spiro atoms. The summed E-state index contributed by atoms with van der Waals surface area (Å²) in [5.74, 6) is -0.394. The molecule has 0 bridgehead atoms. The SMILES string of the molecule is O=C(NC1CCN(C(=O)CCl)CC1)C1CC(=O)N(Cc2ccccc2)C1. The molecule has 2 aliphatic heterocycles. The van der Waals surface area contributed by atoms with E-state index < -0.39 is 0 Å². The topological polar surface area (TPSA) is 69.7 Å². The first kappa shape index (κ1) is 18.7. The van der Waals surface area contributed by atoms with E-state index in [4.69, 9.17) is 11.6 Å². The Morgan fingerprint density at radius 2 is 1.85 bits per heavy atom. The molecule has 6 nitrogen and oxygen atoms in total. The lowest BCUT2D eigenvalue weighted by Crippen LogP contribution is -2.48. The Morgan fingerprint density at radius 1 is 1.15 bits per heavy atom. The number of hydrogen-bond donors (Lipinski definition) is 1. The summed E-state index contributed by atoms with van der Waals surface area (Å²) in [7, 11) is 0. The van der Waals surface area contributed by atoms with Crippen molar-refractivity contribution in [2.45, 2.75) is 31.8 Å². The average molecular weight is 378 g/mol. The lowest BCUT2D eigenvalue weighted by molar-refractivity contribution is -0.131. The van der Waals surface area contributed by atoms with Crippen molar-refractivity contribution in [1.29, 1.82) is 0 Å². The van der Waals surface area contributed by atoms with Gasteiger partial charge < -0.3 is 15.1 Å². The molecule has 2 aliphatic rings. The second-order valence-electron chi connectivity index (χ2n) is 6.96. The predicted octanol–water partition coefficient (Wildman–Crippen LogP) is 1.38. The molecule has 3 amide bonds. The summed E-state index contributed by atoms with van der Waals surface area (Å²) in [4.78, 5) is 39.8. The molecule has 3 rings (SSSR count). The summed E-state index contributed by atoms with van der Waals surface area (Å²) in [6.45, 7) is 2.23. The van der Waals surface area contributed by atoms with Crippen LogP contribution in [0.25, 0.3) is 0 Å². The smallest absolute Gasteiger partial charge is 0.237 e. The van der Waals surface area contributed by atoms with E-state index in [2.05, 4.69) is 5.32 Å². The minimum absolute atomic E-state index is 0.00153. The van der Waals surface area contributed by atoms with Gasteiger partial charge in [0, 0.05) is 38.6 Å². The van der Waals surface area contributed by atoms with Gasteiger partial charge in [0.15, 0.2) is 0 Å². The molecule has 2 saturated heterocycles. The van der Waals surface area contributed by atoms with Gasteiger partial charge in [-0.1, -0.05) is 30.3 Å². The number of amides is 3. The number of rotatable bonds is 5. The molecule has 1 unspecified atom stereocenters. The van der Waals surface area contributed by atoms with Gasteiger partial charge in [-0.25, -0.2) is 0 Å². The molecule has 7 heteroatoms. The number of nitrogens with zero attached hydrogens (tertiary/aromatic N) is 2. The Bertz CT molecular complexity index is 659. The predicted molar refractivity (Wildman–Crippen MR) is 98.4 cm³/mol. The Hall–Kier alpha value is -2.08. The zero-order chi connectivity index (χ0) is 18.5. The number of carbonyl (C=O) groups is 3. The van der Waals surface area contributed by atoms with E-state index in [9.17, 15) is 14.4 Å². The fourth-order valence-electron chi connectivity index (χ4n) is 3.58. The van der Waals surface area contributed by atoms with Gasteiger partial charge in [-0.3, -0.25) is 14.4 Å². The summed E-state index contributed by atoms with van der Waals surface area (Å²) in [6.07, 6.45) is 1.72. The Balaban J connectivity index is 1.47. The number of hydrogen-bond acceptors (Lipinski definition) is 3. The maximum absolute atomic E-state index is 12.5. The maximum atomic E-state index is 12.5. The minimum atomic E-state index is -0.297. The second-order valence-corrected chi connectivity index (χ2v) is 7.23. The van der Waals surface area contributed by atoms with Crippen LogP contribution in [-0.4, -0.2) is 59.1 Å². The van der Waals surface area contributed by atoms with Gasteiger partial charge in [0.1, 0.15) is 5.88 Å². The van der Waals surface area contributed by atoms with E-state index in [1.54, 1.807) is 9.80 Å². The van der Waals surface area contributed by atoms with Crippen LogP contribution in [0.2, 0.25) is 0 Å². The van der Waals surface area contributed by atoms with Crippen molar-refractivity contribution in [3.8, 4) is 0 Å². The van der Waals surface area contributed by atoms with Gasteiger partial charge >= 0.3 is 0 Å². The summed E-state index contributed by atoms with van der Waals surface area (Å²) in [5.41, 5.74) is 1.07. The minimum Gasteiger partial charge on any atom is -0.353 e. The summed E-state index contributed by atoms with van der Waals surface area (Å²) in [6, 6.07) is 9.85. The molecule has 1 atom stereocenters. The van der Waals surface area contributed by atoms with Crippen molar-refractivity contribution in [2.75, 3.05) is 25.5 Å². The number of nitrogens with one attached hydrogen (secondary N) is 1.